The van der Waals surface area contributed by atoms with Gasteiger partial charge in [-0.3, -0.25) is 0 Å². The highest BCUT2D eigenvalue weighted by Crippen LogP contribution is 2.24. The third kappa shape index (κ3) is 3.34. The normalized spacial score (nSPS) is 10.3. The summed E-state index contributed by atoms with van der Waals surface area (Å²) in [5.41, 5.74) is 1.38. The molecule has 3 nitrogen and oxygen atoms in total. The SMILES string of the molecule is O=C(O)c1cccnc1SCc1ccc(Br)cc1. The molecule has 0 unspecified atom stereocenters. The van der Waals surface area contributed by atoms with Crippen LogP contribution >= 0.6 is 27.7 Å². The predicted octanol–water partition coefficient (Wildman–Crippen LogP) is 3.83. The number of hydrogen-bond donors (Lipinski definition) is 1. The van der Waals surface area contributed by atoms with Crippen molar-refractivity contribution in [2.45, 2.75) is 10.8 Å². The Kier molecular flexibility index (Phi) is 4.38. The minimum absolute atomic E-state index is 0.250. The number of carbonyl (C=O) groups is 1. The van der Waals surface area contributed by atoms with E-state index >= 15 is 0 Å². The van der Waals surface area contributed by atoms with Gasteiger partial charge in [-0.1, -0.05) is 28.1 Å². The van der Waals surface area contributed by atoms with Gasteiger partial charge in [0.1, 0.15) is 5.03 Å². The van der Waals surface area contributed by atoms with Crippen molar-refractivity contribution in [2.75, 3.05) is 0 Å². The van der Waals surface area contributed by atoms with E-state index in [2.05, 4.69) is 20.9 Å². The van der Waals surface area contributed by atoms with Gasteiger partial charge in [0.2, 0.25) is 0 Å². The van der Waals surface area contributed by atoms with Gasteiger partial charge in [0.15, 0.2) is 0 Å². The fourth-order valence-electron chi connectivity index (χ4n) is 1.40. The van der Waals surface area contributed by atoms with Gasteiger partial charge in [-0.2, -0.15) is 0 Å². The first-order valence-corrected chi connectivity index (χ1v) is 7.00. The highest BCUT2D eigenvalue weighted by molar-refractivity contribution is 9.10. The third-order valence-corrected chi connectivity index (χ3v) is 3.90. The smallest absolute Gasteiger partial charge is 0.338 e. The second-order valence-electron chi connectivity index (χ2n) is 3.58. The van der Waals surface area contributed by atoms with Crippen LogP contribution in [0.3, 0.4) is 0 Å². The van der Waals surface area contributed by atoms with Crippen LogP contribution in [-0.4, -0.2) is 16.1 Å². The molecule has 0 atom stereocenters. The molecule has 18 heavy (non-hydrogen) atoms. The Labute approximate surface area is 117 Å². The van der Waals surface area contributed by atoms with E-state index in [1.165, 1.54) is 11.8 Å². The number of rotatable bonds is 4. The van der Waals surface area contributed by atoms with Crippen LogP contribution in [0.1, 0.15) is 15.9 Å². The summed E-state index contributed by atoms with van der Waals surface area (Å²) in [4.78, 5) is 15.1. The van der Waals surface area contributed by atoms with E-state index in [4.69, 9.17) is 5.11 Å². The van der Waals surface area contributed by atoms with Crippen LogP contribution < -0.4 is 0 Å². The molecule has 0 radical (unpaired) electrons. The second-order valence-corrected chi connectivity index (χ2v) is 5.46. The van der Waals surface area contributed by atoms with E-state index < -0.39 is 5.97 Å². The molecule has 2 rings (SSSR count). The summed E-state index contributed by atoms with van der Waals surface area (Å²) in [6.07, 6.45) is 1.61. The summed E-state index contributed by atoms with van der Waals surface area (Å²) in [6.45, 7) is 0. The summed E-state index contributed by atoms with van der Waals surface area (Å²) < 4.78 is 1.03. The zero-order valence-corrected chi connectivity index (χ0v) is 11.7. The Morgan fingerprint density at radius 2 is 2.00 bits per heavy atom. The largest absolute Gasteiger partial charge is 0.478 e. The topological polar surface area (TPSA) is 50.2 Å². The molecule has 0 fully saturated rings. The number of aromatic nitrogens is 1. The van der Waals surface area contributed by atoms with Crippen molar-refractivity contribution in [3.8, 4) is 0 Å². The summed E-state index contributed by atoms with van der Waals surface area (Å²) >= 11 is 4.80. The molecule has 92 valence electrons. The lowest BCUT2D eigenvalue weighted by Gasteiger charge is -2.04. The summed E-state index contributed by atoms with van der Waals surface area (Å²) in [6, 6.07) is 11.1. The number of nitrogens with zero attached hydrogens (tertiary/aromatic N) is 1. The number of thioether (sulfide) groups is 1. The van der Waals surface area contributed by atoms with Crippen molar-refractivity contribution in [3.63, 3.8) is 0 Å². The fourth-order valence-corrected chi connectivity index (χ4v) is 2.61. The number of hydrogen-bond acceptors (Lipinski definition) is 3. The van der Waals surface area contributed by atoms with Crippen LogP contribution in [0.15, 0.2) is 52.1 Å². The van der Waals surface area contributed by atoms with Crippen molar-refractivity contribution in [1.82, 2.24) is 4.98 Å². The van der Waals surface area contributed by atoms with E-state index in [1.807, 2.05) is 24.3 Å². The van der Waals surface area contributed by atoms with Gasteiger partial charge in [-0.15, -0.1) is 11.8 Å². The number of aromatic carboxylic acids is 1. The Hall–Kier alpha value is -1.33. The van der Waals surface area contributed by atoms with E-state index in [0.29, 0.717) is 10.8 Å². The lowest BCUT2D eigenvalue weighted by Crippen LogP contribution is -2.00. The van der Waals surface area contributed by atoms with Crippen molar-refractivity contribution in [3.05, 3.63) is 58.2 Å². The zero-order chi connectivity index (χ0) is 13.0. The van der Waals surface area contributed by atoms with Crippen LogP contribution in [0.4, 0.5) is 0 Å². The molecule has 2 aromatic rings. The molecular weight excluding hydrogens is 314 g/mol. The van der Waals surface area contributed by atoms with Crippen molar-refractivity contribution in [2.24, 2.45) is 0 Å². The van der Waals surface area contributed by atoms with Gasteiger partial charge < -0.3 is 5.11 Å². The average molecular weight is 324 g/mol. The van der Waals surface area contributed by atoms with E-state index in [9.17, 15) is 4.79 Å². The number of carboxylic acid groups (broad SMARTS) is 1. The van der Waals surface area contributed by atoms with Crippen molar-refractivity contribution in [1.29, 1.82) is 0 Å². The molecule has 0 saturated carbocycles. The highest BCUT2D eigenvalue weighted by Gasteiger charge is 2.10. The van der Waals surface area contributed by atoms with E-state index in [0.717, 1.165) is 10.0 Å². The number of halogens is 1. The molecule has 1 N–H and O–H groups in total. The van der Waals surface area contributed by atoms with Crippen LogP contribution in [-0.2, 0) is 5.75 Å². The summed E-state index contributed by atoms with van der Waals surface area (Å²) in [5, 5.41) is 9.59. The molecule has 0 amide bonds. The Bertz CT molecular complexity index is 557. The number of carboxylic acids is 1. The maximum absolute atomic E-state index is 11.0. The molecular formula is C13H10BrNO2S. The monoisotopic (exact) mass is 323 g/mol. The average Bonchev–Trinajstić information content (AvgIpc) is 2.38. The van der Waals surface area contributed by atoms with Crippen LogP contribution in [0.5, 0.6) is 0 Å². The Morgan fingerprint density at radius 1 is 1.28 bits per heavy atom. The van der Waals surface area contributed by atoms with Gasteiger partial charge >= 0.3 is 5.97 Å². The van der Waals surface area contributed by atoms with Crippen molar-refractivity contribution >= 4 is 33.7 Å². The Morgan fingerprint density at radius 3 is 2.67 bits per heavy atom. The summed E-state index contributed by atoms with van der Waals surface area (Å²) in [7, 11) is 0. The number of benzene rings is 1. The van der Waals surface area contributed by atoms with Crippen LogP contribution in [0, 0.1) is 0 Å². The molecule has 1 heterocycles. The van der Waals surface area contributed by atoms with E-state index in [-0.39, 0.29) is 5.56 Å². The first-order valence-electron chi connectivity index (χ1n) is 5.22. The molecule has 0 aliphatic heterocycles. The maximum atomic E-state index is 11.0. The first kappa shape index (κ1) is 13.1. The molecule has 0 aliphatic rings. The number of pyridine rings is 1. The zero-order valence-electron chi connectivity index (χ0n) is 9.34. The molecule has 0 spiro atoms. The van der Waals surface area contributed by atoms with Gasteiger partial charge in [0.25, 0.3) is 0 Å². The van der Waals surface area contributed by atoms with Crippen molar-refractivity contribution < 1.29 is 9.90 Å². The lowest BCUT2D eigenvalue weighted by atomic mass is 10.2. The fraction of sp³-hybridized carbons (Fsp3) is 0.0769. The second kappa shape index (κ2) is 6.02. The standard InChI is InChI=1S/C13H10BrNO2S/c14-10-5-3-9(4-6-10)8-18-12-11(13(16)17)2-1-7-15-12/h1-7H,8H2,(H,16,17). The third-order valence-electron chi connectivity index (χ3n) is 2.29. The van der Waals surface area contributed by atoms with Gasteiger partial charge in [-0.05, 0) is 29.8 Å². The molecule has 1 aromatic carbocycles. The molecule has 1 aromatic heterocycles. The quantitative estimate of drug-likeness (QED) is 0.868. The van der Waals surface area contributed by atoms with Crippen LogP contribution in [0.25, 0.3) is 0 Å². The van der Waals surface area contributed by atoms with Gasteiger partial charge in [-0.25, -0.2) is 9.78 Å². The van der Waals surface area contributed by atoms with Gasteiger partial charge in [0, 0.05) is 16.4 Å². The Balaban J connectivity index is 2.10. The van der Waals surface area contributed by atoms with Crippen LogP contribution in [0.2, 0.25) is 0 Å². The maximum Gasteiger partial charge on any atom is 0.338 e. The van der Waals surface area contributed by atoms with E-state index in [1.54, 1.807) is 18.3 Å². The molecule has 0 aliphatic carbocycles. The first-order chi connectivity index (χ1) is 8.66. The molecule has 5 heteroatoms. The summed E-state index contributed by atoms with van der Waals surface area (Å²) in [5.74, 6) is -0.244. The van der Waals surface area contributed by atoms with Gasteiger partial charge in [0.05, 0.1) is 5.56 Å². The minimum Gasteiger partial charge on any atom is -0.478 e. The predicted molar refractivity (Wildman–Crippen MR) is 74.9 cm³/mol. The highest BCUT2D eigenvalue weighted by atomic mass is 79.9. The molecule has 0 saturated heterocycles. The molecule has 0 bridgehead atoms. The minimum atomic E-state index is -0.943. The lowest BCUT2D eigenvalue weighted by molar-refractivity contribution is 0.0692.